The van der Waals surface area contributed by atoms with E-state index in [4.69, 9.17) is 5.73 Å². The van der Waals surface area contributed by atoms with Crippen LogP contribution in [0.25, 0.3) is 22.0 Å². The quantitative estimate of drug-likeness (QED) is 0.498. The number of aromatic amines is 1. The van der Waals surface area contributed by atoms with Crippen molar-refractivity contribution in [2.75, 3.05) is 29.0 Å². The van der Waals surface area contributed by atoms with Crippen LogP contribution in [0.1, 0.15) is 16.9 Å². The molecule has 8 heteroatoms. The number of anilines is 3. The van der Waals surface area contributed by atoms with Gasteiger partial charge in [-0.2, -0.15) is 5.10 Å². The zero-order valence-corrected chi connectivity index (χ0v) is 15.6. The molecular weight excluding hydrogens is 366 g/mol. The average molecular weight is 385 g/mol. The highest BCUT2D eigenvalue weighted by molar-refractivity contribution is 6.11. The van der Waals surface area contributed by atoms with E-state index in [1.54, 1.807) is 24.7 Å². The van der Waals surface area contributed by atoms with Crippen molar-refractivity contribution in [3.8, 4) is 11.1 Å². The monoisotopic (exact) mass is 385 g/mol. The number of benzene rings is 1. The number of aromatic nitrogens is 4. The zero-order valence-electron chi connectivity index (χ0n) is 15.6. The molecule has 1 aliphatic heterocycles. The summed E-state index contributed by atoms with van der Waals surface area (Å²) in [7, 11) is 0. The summed E-state index contributed by atoms with van der Waals surface area (Å²) in [4.78, 5) is 23.6. The Morgan fingerprint density at radius 2 is 2.00 bits per heavy atom. The predicted molar refractivity (Wildman–Crippen MR) is 113 cm³/mol. The number of amides is 1. The summed E-state index contributed by atoms with van der Waals surface area (Å²) in [5.41, 5.74) is 10.0. The predicted octanol–water partition coefficient (Wildman–Crippen LogP) is 3.06. The second kappa shape index (κ2) is 6.90. The van der Waals surface area contributed by atoms with Crippen molar-refractivity contribution in [3.05, 3.63) is 60.7 Å². The average Bonchev–Trinajstić information content (AvgIpc) is 3.10. The number of rotatable bonds is 4. The van der Waals surface area contributed by atoms with Crippen molar-refractivity contribution >= 4 is 34.0 Å². The molecule has 8 nitrogen and oxygen atoms in total. The molecule has 1 aliphatic rings. The number of pyridine rings is 2. The van der Waals surface area contributed by atoms with E-state index in [1.807, 2.05) is 30.3 Å². The SMILES string of the molecule is Nc1cncc(-c2ccc3[nH]nc(C(=O)Nc4ccnc(N5CCC5)c4)c3c2)c1. The lowest BCUT2D eigenvalue weighted by Gasteiger charge is -2.32. The van der Waals surface area contributed by atoms with E-state index < -0.39 is 0 Å². The van der Waals surface area contributed by atoms with Crippen LogP contribution in [0.3, 0.4) is 0 Å². The summed E-state index contributed by atoms with van der Waals surface area (Å²) in [6.45, 7) is 1.99. The Morgan fingerprint density at radius 3 is 2.79 bits per heavy atom. The van der Waals surface area contributed by atoms with E-state index in [2.05, 4.69) is 30.4 Å². The summed E-state index contributed by atoms with van der Waals surface area (Å²) in [5.74, 6) is 0.595. The summed E-state index contributed by atoms with van der Waals surface area (Å²) >= 11 is 0. The smallest absolute Gasteiger partial charge is 0.276 e. The van der Waals surface area contributed by atoms with Crippen LogP contribution >= 0.6 is 0 Å². The fourth-order valence-corrected chi connectivity index (χ4v) is 3.39. The van der Waals surface area contributed by atoms with Crippen molar-refractivity contribution in [1.29, 1.82) is 0 Å². The van der Waals surface area contributed by atoms with Crippen LogP contribution < -0.4 is 16.0 Å². The zero-order chi connectivity index (χ0) is 19.8. The topological polar surface area (TPSA) is 113 Å². The standard InChI is InChI=1S/C21H19N7O/c22-15-8-14(11-23-12-15)13-2-3-18-17(9-13)20(27-26-18)21(29)25-16-4-5-24-19(10-16)28-6-1-7-28/h2-5,8-12H,1,6-7,22H2,(H,26,27)(H,24,25,29). The van der Waals surface area contributed by atoms with Gasteiger partial charge < -0.3 is 16.0 Å². The Labute approximate surface area is 166 Å². The van der Waals surface area contributed by atoms with Crippen LogP contribution in [0.2, 0.25) is 0 Å². The number of nitrogen functional groups attached to an aromatic ring is 1. The molecule has 0 spiro atoms. The largest absolute Gasteiger partial charge is 0.397 e. The van der Waals surface area contributed by atoms with Gasteiger partial charge in [0.05, 0.1) is 11.2 Å². The van der Waals surface area contributed by atoms with Crippen LogP contribution in [-0.4, -0.2) is 39.2 Å². The lowest BCUT2D eigenvalue weighted by atomic mass is 10.0. The van der Waals surface area contributed by atoms with E-state index in [0.717, 1.165) is 40.9 Å². The van der Waals surface area contributed by atoms with Gasteiger partial charge in [0.25, 0.3) is 5.91 Å². The highest BCUT2D eigenvalue weighted by Crippen LogP contribution is 2.27. The van der Waals surface area contributed by atoms with Gasteiger partial charge in [0.1, 0.15) is 5.82 Å². The van der Waals surface area contributed by atoms with Gasteiger partial charge >= 0.3 is 0 Å². The molecule has 0 aliphatic carbocycles. The van der Waals surface area contributed by atoms with E-state index in [0.29, 0.717) is 17.1 Å². The molecule has 0 atom stereocenters. The van der Waals surface area contributed by atoms with Crippen LogP contribution in [0.5, 0.6) is 0 Å². The highest BCUT2D eigenvalue weighted by Gasteiger charge is 2.18. The molecule has 1 amide bonds. The van der Waals surface area contributed by atoms with Gasteiger partial charge in [-0.25, -0.2) is 4.98 Å². The Hall–Kier alpha value is -3.94. The third-order valence-corrected chi connectivity index (χ3v) is 5.05. The lowest BCUT2D eigenvalue weighted by molar-refractivity contribution is 0.102. The number of nitrogens with zero attached hydrogens (tertiary/aromatic N) is 4. The first-order valence-electron chi connectivity index (χ1n) is 9.39. The summed E-state index contributed by atoms with van der Waals surface area (Å²) < 4.78 is 0. The van der Waals surface area contributed by atoms with Gasteiger partial charge in [0.15, 0.2) is 5.69 Å². The maximum atomic E-state index is 12.9. The normalized spacial score (nSPS) is 13.3. The third-order valence-electron chi connectivity index (χ3n) is 5.05. The van der Waals surface area contributed by atoms with Gasteiger partial charge in [-0.1, -0.05) is 6.07 Å². The number of carbonyl (C=O) groups is 1. The van der Waals surface area contributed by atoms with Crippen molar-refractivity contribution in [3.63, 3.8) is 0 Å². The van der Waals surface area contributed by atoms with Crippen molar-refractivity contribution in [2.24, 2.45) is 0 Å². The summed E-state index contributed by atoms with van der Waals surface area (Å²) in [5, 5.41) is 10.8. The van der Waals surface area contributed by atoms with Gasteiger partial charge in [-0.15, -0.1) is 0 Å². The number of carbonyl (C=O) groups excluding carboxylic acids is 1. The fourth-order valence-electron chi connectivity index (χ4n) is 3.39. The molecule has 4 heterocycles. The first-order valence-corrected chi connectivity index (χ1v) is 9.39. The molecule has 1 fully saturated rings. The second-order valence-corrected chi connectivity index (χ2v) is 7.04. The number of nitrogens with two attached hydrogens (primary N) is 1. The molecule has 0 bridgehead atoms. The maximum absolute atomic E-state index is 12.9. The maximum Gasteiger partial charge on any atom is 0.276 e. The third kappa shape index (κ3) is 3.25. The van der Waals surface area contributed by atoms with Crippen molar-refractivity contribution in [2.45, 2.75) is 6.42 Å². The van der Waals surface area contributed by atoms with E-state index >= 15 is 0 Å². The number of hydrogen-bond donors (Lipinski definition) is 3. The molecular formula is C21H19N7O. The van der Waals surface area contributed by atoms with Gasteiger partial charge in [-0.3, -0.25) is 14.9 Å². The minimum Gasteiger partial charge on any atom is -0.397 e. The first-order chi connectivity index (χ1) is 14.2. The Morgan fingerprint density at radius 1 is 1.10 bits per heavy atom. The molecule has 0 unspecified atom stereocenters. The van der Waals surface area contributed by atoms with Gasteiger partial charge in [0, 0.05) is 54.4 Å². The molecule has 1 aromatic carbocycles. The number of nitrogens with one attached hydrogen (secondary N) is 2. The Bertz CT molecular complexity index is 1210. The van der Waals surface area contributed by atoms with Crippen molar-refractivity contribution in [1.82, 2.24) is 20.2 Å². The lowest BCUT2D eigenvalue weighted by Crippen LogP contribution is -2.37. The van der Waals surface area contributed by atoms with Gasteiger partial charge in [0.2, 0.25) is 0 Å². The molecule has 0 radical (unpaired) electrons. The fraction of sp³-hybridized carbons (Fsp3) is 0.143. The molecule has 144 valence electrons. The van der Waals surface area contributed by atoms with E-state index in [1.165, 1.54) is 6.42 Å². The molecule has 4 aromatic rings. The first kappa shape index (κ1) is 17.2. The number of H-pyrrole nitrogens is 1. The molecule has 1 saturated heterocycles. The van der Waals surface area contributed by atoms with Crippen LogP contribution in [0, 0.1) is 0 Å². The van der Waals surface area contributed by atoms with Crippen molar-refractivity contribution < 1.29 is 4.79 Å². The van der Waals surface area contributed by atoms with Gasteiger partial charge in [-0.05, 0) is 36.2 Å². The molecule has 4 N–H and O–H groups in total. The molecule has 0 saturated carbocycles. The number of fused-ring (bicyclic) bond motifs is 1. The minimum atomic E-state index is -0.278. The molecule has 29 heavy (non-hydrogen) atoms. The highest BCUT2D eigenvalue weighted by atomic mass is 16.1. The van der Waals surface area contributed by atoms with Crippen LogP contribution in [0.15, 0.2) is 55.0 Å². The van der Waals surface area contributed by atoms with Crippen LogP contribution in [0.4, 0.5) is 17.2 Å². The molecule has 5 rings (SSSR count). The summed E-state index contributed by atoms with van der Waals surface area (Å²) in [6, 6.07) is 11.3. The second-order valence-electron chi connectivity index (χ2n) is 7.04. The number of hydrogen-bond acceptors (Lipinski definition) is 6. The Kier molecular flexibility index (Phi) is 4.09. The Balaban J connectivity index is 1.45. The summed E-state index contributed by atoms with van der Waals surface area (Å²) in [6.07, 6.45) is 6.22. The molecule has 3 aromatic heterocycles. The van der Waals surface area contributed by atoms with Crippen LogP contribution in [-0.2, 0) is 0 Å². The minimum absolute atomic E-state index is 0.278. The van der Waals surface area contributed by atoms with E-state index in [9.17, 15) is 4.79 Å². The van der Waals surface area contributed by atoms with E-state index in [-0.39, 0.29) is 5.91 Å².